The van der Waals surface area contributed by atoms with Gasteiger partial charge in [0.2, 0.25) is 5.91 Å². The Hall–Kier alpha value is -2.34. The second-order valence-electron chi connectivity index (χ2n) is 7.55. The second-order valence-corrected chi connectivity index (χ2v) is 7.55. The molecule has 138 valence electrons. The zero-order valence-corrected chi connectivity index (χ0v) is 15.2. The third kappa shape index (κ3) is 2.51. The van der Waals surface area contributed by atoms with Gasteiger partial charge >= 0.3 is 5.97 Å². The maximum atomic E-state index is 13.2. The quantitative estimate of drug-likeness (QED) is 0.597. The van der Waals surface area contributed by atoms with Gasteiger partial charge in [-0.05, 0) is 30.2 Å². The third-order valence-corrected chi connectivity index (χ3v) is 5.32. The molecule has 0 radical (unpaired) electrons. The maximum absolute atomic E-state index is 13.2. The lowest BCUT2D eigenvalue weighted by atomic mass is 9.77. The molecule has 6 heteroatoms. The maximum Gasteiger partial charge on any atom is 0.312 e. The number of esters is 1. The molecule has 0 unspecified atom stereocenters. The lowest BCUT2D eigenvalue weighted by molar-refractivity contribution is -0.153. The Bertz CT molecular complexity index is 756. The summed E-state index contributed by atoms with van der Waals surface area (Å²) < 4.78 is 16.7. The van der Waals surface area contributed by atoms with Gasteiger partial charge in [0.1, 0.15) is 17.3 Å². The third-order valence-electron chi connectivity index (χ3n) is 5.32. The molecule has 0 aromatic heterocycles. The highest BCUT2D eigenvalue weighted by Gasteiger charge is 2.67. The summed E-state index contributed by atoms with van der Waals surface area (Å²) in [5, 5.41) is 0. The molecule has 1 aromatic rings. The van der Waals surface area contributed by atoms with Gasteiger partial charge in [0.25, 0.3) is 0 Å². The fraction of sp³-hybridized carbons (Fsp3) is 0.500. The molecule has 0 saturated carbocycles. The molecule has 4 rings (SSSR count). The molecule has 3 aliphatic heterocycles. The van der Waals surface area contributed by atoms with Gasteiger partial charge in [-0.3, -0.25) is 9.59 Å². The number of methoxy groups -OCH3 is 1. The van der Waals surface area contributed by atoms with Gasteiger partial charge in [-0.2, -0.15) is 0 Å². The van der Waals surface area contributed by atoms with Crippen molar-refractivity contribution in [1.29, 1.82) is 0 Å². The van der Waals surface area contributed by atoms with Gasteiger partial charge in [0.05, 0.1) is 32.3 Å². The van der Waals surface area contributed by atoms with Crippen LogP contribution in [0, 0.1) is 17.8 Å². The predicted molar refractivity (Wildman–Crippen MR) is 94.9 cm³/mol. The summed E-state index contributed by atoms with van der Waals surface area (Å²) in [4.78, 5) is 27.5. The lowest BCUT2D eigenvalue weighted by Gasteiger charge is -2.23. The minimum Gasteiger partial charge on any atom is -0.497 e. The Labute approximate surface area is 152 Å². The Morgan fingerprint density at radius 2 is 2.08 bits per heavy atom. The van der Waals surface area contributed by atoms with Crippen molar-refractivity contribution in [3.63, 3.8) is 0 Å². The molecule has 2 fully saturated rings. The van der Waals surface area contributed by atoms with Crippen LogP contribution in [0.5, 0.6) is 5.75 Å². The molecular formula is C20H23NO5. The van der Waals surface area contributed by atoms with Gasteiger partial charge in [0.15, 0.2) is 0 Å². The number of amides is 1. The van der Waals surface area contributed by atoms with Crippen LogP contribution in [-0.4, -0.2) is 43.8 Å². The Morgan fingerprint density at radius 3 is 2.73 bits per heavy atom. The van der Waals surface area contributed by atoms with Crippen molar-refractivity contribution in [2.45, 2.75) is 25.6 Å². The van der Waals surface area contributed by atoms with Crippen molar-refractivity contribution in [2.75, 3.05) is 25.2 Å². The van der Waals surface area contributed by atoms with Crippen molar-refractivity contribution in [1.82, 2.24) is 0 Å². The molecule has 2 bridgehead atoms. The number of hydrogen-bond acceptors (Lipinski definition) is 5. The fourth-order valence-corrected chi connectivity index (χ4v) is 4.09. The van der Waals surface area contributed by atoms with Crippen molar-refractivity contribution in [3.8, 4) is 5.75 Å². The van der Waals surface area contributed by atoms with Crippen LogP contribution in [0.3, 0.4) is 0 Å². The van der Waals surface area contributed by atoms with Gasteiger partial charge in [0, 0.05) is 5.69 Å². The highest BCUT2D eigenvalue weighted by molar-refractivity contribution is 6.02. The predicted octanol–water partition coefficient (Wildman–Crippen LogP) is 2.18. The Morgan fingerprint density at radius 1 is 1.35 bits per heavy atom. The topological polar surface area (TPSA) is 65.1 Å². The number of rotatable bonds is 5. The zero-order valence-electron chi connectivity index (χ0n) is 15.2. The van der Waals surface area contributed by atoms with E-state index in [1.165, 1.54) is 0 Å². The van der Waals surface area contributed by atoms with Crippen LogP contribution < -0.4 is 9.64 Å². The summed E-state index contributed by atoms with van der Waals surface area (Å²) in [6.45, 7) is 4.72. The first-order valence-corrected chi connectivity index (χ1v) is 8.94. The van der Waals surface area contributed by atoms with E-state index in [0.29, 0.717) is 13.2 Å². The van der Waals surface area contributed by atoms with Crippen molar-refractivity contribution in [3.05, 3.63) is 36.4 Å². The SMILES string of the molecule is COc1ccc(N2C[C@@]34C=C[C@@H](O3)[C@@H](C(=O)OCC(C)C)[C@@H]4C2=O)cc1. The van der Waals surface area contributed by atoms with Gasteiger partial charge in [-0.25, -0.2) is 0 Å². The molecule has 3 aliphatic rings. The molecular weight excluding hydrogens is 334 g/mol. The number of ether oxygens (including phenoxy) is 3. The van der Waals surface area contributed by atoms with Gasteiger partial charge in [-0.15, -0.1) is 0 Å². The summed E-state index contributed by atoms with van der Waals surface area (Å²) >= 11 is 0. The molecule has 0 N–H and O–H groups in total. The number of anilines is 1. The summed E-state index contributed by atoms with van der Waals surface area (Å²) in [5.74, 6) is -0.559. The second kappa shape index (κ2) is 6.13. The van der Waals surface area contributed by atoms with E-state index < -0.39 is 17.4 Å². The van der Waals surface area contributed by atoms with Gasteiger partial charge in [-0.1, -0.05) is 26.0 Å². The van der Waals surface area contributed by atoms with Crippen LogP contribution in [0.15, 0.2) is 36.4 Å². The lowest BCUT2D eigenvalue weighted by Crippen LogP contribution is -2.40. The number of benzene rings is 1. The van der Waals surface area contributed by atoms with E-state index in [0.717, 1.165) is 11.4 Å². The average molecular weight is 357 g/mol. The molecule has 1 amide bonds. The van der Waals surface area contributed by atoms with E-state index in [1.807, 2.05) is 50.3 Å². The minimum absolute atomic E-state index is 0.0893. The summed E-state index contributed by atoms with van der Waals surface area (Å²) in [6.07, 6.45) is 3.46. The molecule has 1 aromatic carbocycles. The zero-order chi connectivity index (χ0) is 18.5. The standard InChI is InChI=1S/C20H23NO5/c1-12(2)10-25-19(23)16-15-8-9-20(26-15)11-21(18(22)17(16)20)13-4-6-14(24-3)7-5-13/h4-9,12,15-17H,10-11H2,1-3H3/t15-,16-,17-,20-/m1/s1. The number of nitrogens with zero attached hydrogens (tertiary/aromatic N) is 1. The minimum atomic E-state index is -0.733. The van der Waals surface area contributed by atoms with Crippen LogP contribution in [0.25, 0.3) is 0 Å². The van der Waals surface area contributed by atoms with E-state index in [9.17, 15) is 9.59 Å². The summed E-state index contributed by atoms with van der Waals surface area (Å²) in [6, 6.07) is 7.32. The van der Waals surface area contributed by atoms with Crippen molar-refractivity contribution in [2.24, 2.45) is 17.8 Å². The van der Waals surface area contributed by atoms with E-state index in [1.54, 1.807) is 12.0 Å². The van der Waals surface area contributed by atoms with E-state index in [4.69, 9.17) is 14.2 Å². The molecule has 0 aliphatic carbocycles. The molecule has 26 heavy (non-hydrogen) atoms. The van der Waals surface area contributed by atoms with Crippen LogP contribution in [0.2, 0.25) is 0 Å². The first kappa shape index (κ1) is 17.1. The molecule has 1 spiro atoms. The van der Waals surface area contributed by atoms with Crippen LogP contribution >= 0.6 is 0 Å². The van der Waals surface area contributed by atoms with Crippen LogP contribution in [0.4, 0.5) is 5.69 Å². The average Bonchev–Trinajstić information content (AvgIpc) is 3.28. The van der Waals surface area contributed by atoms with E-state index in [-0.39, 0.29) is 23.9 Å². The number of hydrogen-bond donors (Lipinski definition) is 0. The monoisotopic (exact) mass is 357 g/mol. The number of fused-ring (bicyclic) bond motifs is 1. The normalized spacial score (nSPS) is 31.6. The van der Waals surface area contributed by atoms with Gasteiger partial charge < -0.3 is 19.1 Å². The van der Waals surface area contributed by atoms with Crippen LogP contribution in [-0.2, 0) is 19.1 Å². The summed E-state index contributed by atoms with van der Waals surface area (Å²) in [7, 11) is 1.60. The molecule has 4 atom stereocenters. The highest BCUT2D eigenvalue weighted by atomic mass is 16.6. The molecule has 6 nitrogen and oxygen atoms in total. The van der Waals surface area contributed by atoms with E-state index in [2.05, 4.69) is 0 Å². The number of carbonyl (C=O) groups is 2. The van der Waals surface area contributed by atoms with Crippen LogP contribution in [0.1, 0.15) is 13.8 Å². The highest BCUT2D eigenvalue weighted by Crippen LogP contribution is 2.52. The smallest absolute Gasteiger partial charge is 0.312 e. The first-order valence-electron chi connectivity index (χ1n) is 8.94. The summed E-state index contributed by atoms with van der Waals surface area (Å²) in [5.41, 5.74) is 0.0396. The van der Waals surface area contributed by atoms with Crippen molar-refractivity contribution < 1.29 is 23.8 Å². The van der Waals surface area contributed by atoms with E-state index >= 15 is 0 Å². The molecule has 3 heterocycles. The first-order chi connectivity index (χ1) is 12.4. The Balaban J connectivity index is 1.59. The number of carbonyl (C=O) groups excluding carboxylic acids is 2. The largest absolute Gasteiger partial charge is 0.497 e. The fourth-order valence-electron chi connectivity index (χ4n) is 4.09. The van der Waals surface area contributed by atoms with Crippen molar-refractivity contribution >= 4 is 17.6 Å². The Kier molecular flexibility index (Phi) is 4.03. The molecule has 2 saturated heterocycles.